The second-order valence-corrected chi connectivity index (χ2v) is 4.92. The molecule has 0 spiro atoms. The second-order valence-electron chi connectivity index (χ2n) is 4.92. The average molecular weight is 370 g/mol. The average Bonchev–Trinajstić information content (AvgIpc) is 2.56. The van der Waals surface area contributed by atoms with Gasteiger partial charge in [0.05, 0.1) is 26.5 Å². The molecular formula is C14H9F3N4O5. The lowest BCUT2D eigenvalue weighted by Crippen LogP contribution is -2.12. The maximum absolute atomic E-state index is 12.8. The van der Waals surface area contributed by atoms with Gasteiger partial charge in [0.15, 0.2) is 0 Å². The summed E-state index contributed by atoms with van der Waals surface area (Å²) in [4.78, 5) is 20.2. The van der Waals surface area contributed by atoms with Gasteiger partial charge in [-0.3, -0.25) is 20.2 Å². The van der Waals surface area contributed by atoms with Crippen LogP contribution >= 0.6 is 0 Å². The third kappa shape index (κ3) is 3.53. The van der Waals surface area contributed by atoms with Crippen LogP contribution in [-0.4, -0.2) is 20.7 Å². The van der Waals surface area contributed by atoms with Crippen LogP contribution in [0.25, 0.3) is 0 Å². The fourth-order valence-corrected chi connectivity index (χ4v) is 2.17. The molecule has 0 aliphatic heterocycles. The number of hydrogen-bond donors (Lipinski definition) is 2. The SMILES string of the molecule is N/N=C(\c1cc([N+](=O)[O-])ccc1O)c1ccc(C(F)(F)F)cc1[N+](=O)[O-]. The van der Waals surface area contributed by atoms with Crippen LogP contribution in [0.3, 0.4) is 0 Å². The molecule has 12 heteroatoms. The van der Waals surface area contributed by atoms with E-state index < -0.39 is 50.0 Å². The van der Waals surface area contributed by atoms with Crippen molar-refractivity contribution in [3.8, 4) is 5.75 Å². The Bertz CT molecular complexity index is 927. The lowest BCUT2D eigenvalue weighted by atomic mass is 9.98. The molecule has 0 fully saturated rings. The zero-order valence-electron chi connectivity index (χ0n) is 12.6. The van der Waals surface area contributed by atoms with Gasteiger partial charge in [0.1, 0.15) is 11.5 Å². The van der Waals surface area contributed by atoms with Crippen molar-refractivity contribution in [1.29, 1.82) is 0 Å². The first-order valence-corrected chi connectivity index (χ1v) is 6.68. The minimum absolute atomic E-state index is 0.287. The lowest BCUT2D eigenvalue weighted by Gasteiger charge is -2.11. The highest BCUT2D eigenvalue weighted by molar-refractivity contribution is 6.16. The number of nitro benzene ring substituents is 2. The van der Waals surface area contributed by atoms with Gasteiger partial charge in [-0.15, -0.1) is 0 Å². The molecule has 0 amide bonds. The molecule has 0 radical (unpaired) electrons. The highest BCUT2D eigenvalue weighted by Gasteiger charge is 2.34. The Labute approximate surface area is 142 Å². The van der Waals surface area contributed by atoms with Gasteiger partial charge in [0.25, 0.3) is 11.4 Å². The molecule has 2 aromatic carbocycles. The second kappa shape index (κ2) is 6.66. The number of nitro groups is 2. The van der Waals surface area contributed by atoms with E-state index in [2.05, 4.69) is 5.10 Å². The van der Waals surface area contributed by atoms with Crippen molar-refractivity contribution in [3.05, 3.63) is 73.3 Å². The molecule has 2 rings (SSSR count). The molecule has 0 saturated heterocycles. The maximum atomic E-state index is 12.8. The van der Waals surface area contributed by atoms with E-state index in [-0.39, 0.29) is 11.6 Å². The molecule has 0 atom stereocenters. The van der Waals surface area contributed by atoms with E-state index in [1.165, 1.54) is 0 Å². The number of nitrogens with zero attached hydrogens (tertiary/aromatic N) is 3. The first-order valence-electron chi connectivity index (χ1n) is 6.68. The van der Waals surface area contributed by atoms with Gasteiger partial charge in [-0.1, -0.05) is 0 Å². The Kier molecular flexibility index (Phi) is 4.77. The number of non-ortho nitro benzene ring substituents is 1. The predicted molar refractivity (Wildman–Crippen MR) is 82.7 cm³/mol. The van der Waals surface area contributed by atoms with Crippen LogP contribution in [0.1, 0.15) is 16.7 Å². The van der Waals surface area contributed by atoms with E-state index in [9.17, 15) is 38.5 Å². The normalized spacial score (nSPS) is 12.0. The largest absolute Gasteiger partial charge is 0.507 e. The van der Waals surface area contributed by atoms with Crippen molar-refractivity contribution in [2.45, 2.75) is 6.18 Å². The fourth-order valence-electron chi connectivity index (χ4n) is 2.17. The van der Waals surface area contributed by atoms with Gasteiger partial charge >= 0.3 is 6.18 Å². The number of alkyl halides is 3. The summed E-state index contributed by atoms with van der Waals surface area (Å²) in [6, 6.07) is 4.37. The van der Waals surface area contributed by atoms with E-state index in [4.69, 9.17) is 5.84 Å². The van der Waals surface area contributed by atoms with E-state index in [1.807, 2.05) is 0 Å². The van der Waals surface area contributed by atoms with Crippen molar-refractivity contribution < 1.29 is 28.1 Å². The number of rotatable bonds is 4. The molecule has 0 saturated carbocycles. The van der Waals surface area contributed by atoms with E-state index in [1.54, 1.807) is 0 Å². The van der Waals surface area contributed by atoms with Crippen LogP contribution < -0.4 is 5.84 Å². The van der Waals surface area contributed by atoms with Crippen molar-refractivity contribution in [2.24, 2.45) is 10.9 Å². The van der Waals surface area contributed by atoms with Crippen LogP contribution in [0.15, 0.2) is 41.5 Å². The molecule has 9 nitrogen and oxygen atoms in total. The summed E-state index contributed by atoms with van der Waals surface area (Å²) < 4.78 is 38.3. The van der Waals surface area contributed by atoms with E-state index >= 15 is 0 Å². The van der Waals surface area contributed by atoms with Crippen molar-refractivity contribution in [2.75, 3.05) is 0 Å². The third-order valence-electron chi connectivity index (χ3n) is 3.35. The molecule has 0 bridgehead atoms. The minimum Gasteiger partial charge on any atom is -0.507 e. The number of hydrazone groups is 1. The monoisotopic (exact) mass is 370 g/mol. The molecule has 0 aliphatic rings. The van der Waals surface area contributed by atoms with Crippen LogP contribution in [0.4, 0.5) is 24.5 Å². The highest BCUT2D eigenvalue weighted by Crippen LogP contribution is 2.35. The summed E-state index contributed by atoms with van der Waals surface area (Å²) in [7, 11) is 0. The predicted octanol–water partition coefficient (Wildman–Crippen LogP) is 2.94. The summed E-state index contributed by atoms with van der Waals surface area (Å²) in [5.74, 6) is 4.64. The standard InChI is InChI=1S/C14H9F3N4O5/c15-14(16,17)7-1-3-9(11(5-7)21(25)26)13(19-18)10-6-8(20(23)24)2-4-12(10)22/h1-6,22H,18H2/b19-13-. The van der Waals surface area contributed by atoms with Crippen LogP contribution in [-0.2, 0) is 6.18 Å². The molecule has 26 heavy (non-hydrogen) atoms. The van der Waals surface area contributed by atoms with Gasteiger partial charge in [0.2, 0.25) is 0 Å². The summed E-state index contributed by atoms with van der Waals surface area (Å²) in [5.41, 5.74) is -3.99. The molecule has 0 heterocycles. The number of phenolic OH excluding ortho intramolecular Hbond substituents is 1. The zero-order valence-corrected chi connectivity index (χ0v) is 12.6. The molecule has 3 N–H and O–H groups in total. The van der Waals surface area contributed by atoms with E-state index in [0.717, 1.165) is 24.3 Å². The Morgan fingerprint density at radius 3 is 2.19 bits per heavy atom. The van der Waals surface area contributed by atoms with E-state index in [0.29, 0.717) is 6.07 Å². The number of halogens is 3. The summed E-state index contributed by atoms with van der Waals surface area (Å²) in [6.45, 7) is 0. The number of hydrogen-bond acceptors (Lipinski definition) is 7. The Morgan fingerprint density at radius 1 is 1.04 bits per heavy atom. The molecule has 0 aliphatic carbocycles. The summed E-state index contributed by atoms with van der Waals surface area (Å²) in [6.07, 6.45) is -4.82. The van der Waals surface area contributed by atoms with Crippen molar-refractivity contribution >= 4 is 17.1 Å². The Balaban J connectivity index is 2.71. The van der Waals surface area contributed by atoms with Crippen molar-refractivity contribution in [1.82, 2.24) is 0 Å². The van der Waals surface area contributed by atoms with Gasteiger partial charge in [0, 0.05) is 18.2 Å². The molecule has 0 aromatic heterocycles. The van der Waals surface area contributed by atoms with Gasteiger partial charge < -0.3 is 10.9 Å². The topological polar surface area (TPSA) is 145 Å². The lowest BCUT2D eigenvalue weighted by molar-refractivity contribution is -0.385. The first-order chi connectivity index (χ1) is 12.1. The first kappa shape index (κ1) is 18.6. The summed E-state index contributed by atoms with van der Waals surface area (Å²) >= 11 is 0. The number of aromatic hydroxyl groups is 1. The van der Waals surface area contributed by atoms with Crippen LogP contribution in [0.2, 0.25) is 0 Å². The maximum Gasteiger partial charge on any atom is 0.416 e. The zero-order chi connectivity index (χ0) is 19.6. The third-order valence-corrected chi connectivity index (χ3v) is 3.35. The molecule has 0 unspecified atom stereocenters. The Morgan fingerprint density at radius 2 is 1.69 bits per heavy atom. The Hall–Kier alpha value is -3.70. The summed E-state index contributed by atoms with van der Waals surface area (Å²) in [5, 5.41) is 35.2. The van der Waals surface area contributed by atoms with Crippen molar-refractivity contribution in [3.63, 3.8) is 0 Å². The highest BCUT2D eigenvalue weighted by atomic mass is 19.4. The van der Waals surface area contributed by atoms with Gasteiger partial charge in [-0.05, 0) is 18.2 Å². The number of nitrogens with two attached hydrogens (primary N) is 1. The smallest absolute Gasteiger partial charge is 0.416 e. The van der Waals surface area contributed by atoms with Gasteiger partial charge in [-0.25, -0.2) is 0 Å². The fraction of sp³-hybridized carbons (Fsp3) is 0.0714. The number of benzene rings is 2. The molecule has 136 valence electrons. The quantitative estimate of drug-likeness (QED) is 0.366. The number of phenols is 1. The van der Waals surface area contributed by atoms with Gasteiger partial charge in [-0.2, -0.15) is 18.3 Å². The molecular weight excluding hydrogens is 361 g/mol. The van der Waals surface area contributed by atoms with Crippen LogP contribution in [0, 0.1) is 20.2 Å². The van der Waals surface area contributed by atoms with Crippen LogP contribution in [0.5, 0.6) is 5.75 Å². The minimum atomic E-state index is -4.82. The molecule has 2 aromatic rings.